The molecule has 0 bridgehead atoms. The normalized spacial score (nSPS) is 11.0. The zero-order valence-corrected chi connectivity index (χ0v) is 16.7. The molecule has 6 nitrogen and oxygen atoms in total. The molecule has 0 amide bonds. The Morgan fingerprint density at radius 2 is 1.70 bits per heavy atom. The van der Waals surface area contributed by atoms with Crippen LogP contribution in [0.15, 0.2) is 47.5 Å². The van der Waals surface area contributed by atoms with Gasteiger partial charge in [-0.3, -0.25) is 4.99 Å². The number of halogens is 1. The zero-order chi connectivity index (χ0) is 19.5. The average molecular weight is 392 g/mol. The van der Waals surface area contributed by atoms with Crippen molar-refractivity contribution in [2.45, 2.75) is 6.42 Å². The molecule has 0 radical (unpaired) electrons. The number of guanidine groups is 1. The van der Waals surface area contributed by atoms with Crippen LogP contribution in [-0.2, 0) is 6.42 Å². The van der Waals surface area contributed by atoms with Crippen LogP contribution in [0, 0.1) is 0 Å². The molecule has 0 saturated heterocycles. The van der Waals surface area contributed by atoms with E-state index in [1.807, 2.05) is 36.4 Å². The second-order valence-electron chi connectivity index (χ2n) is 5.64. The highest BCUT2D eigenvalue weighted by atomic mass is 35.5. The van der Waals surface area contributed by atoms with Gasteiger partial charge in [0, 0.05) is 13.6 Å². The first-order valence-corrected chi connectivity index (χ1v) is 9.08. The number of nitrogens with zero attached hydrogens (tertiary/aromatic N) is 1. The molecular weight excluding hydrogens is 366 g/mol. The molecule has 0 unspecified atom stereocenters. The SMILES string of the molecule is CN=C(NCCOc1ccccc1Cl)NCCc1ccc(OC)c(OC)c1. The summed E-state index contributed by atoms with van der Waals surface area (Å²) in [5, 5.41) is 7.10. The van der Waals surface area contributed by atoms with Crippen molar-refractivity contribution >= 4 is 17.6 Å². The topological polar surface area (TPSA) is 64.1 Å². The number of hydrogen-bond donors (Lipinski definition) is 2. The molecule has 2 N–H and O–H groups in total. The molecule has 0 spiro atoms. The van der Waals surface area contributed by atoms with Crippen molar-refractivity contribution in [1.29, 1.82) is 0 Å². The second-order valence-corrected chi connectivity index (χ2v) is 6.05. The first-order valence-electron chi connectivity index (χ1n) is 8.70. The highest BCUT2D eigenvalue weighted by Crippen LogP contribution is 2.27. The van der Waals surface area contributed by atoms with Gasteiger partial charge in [-0.25, -0.2) is 0 Å². The smallest absolute Gasteiger partial charge is 0.191 e. The quantitative estimate of drug-likeness (QED) is 0.390. The van der Waals surface area contributed by atoms with Crippen molar-refractivity contribution in [3.8, 4) is 17.2 Å². The second kappa shape index (κ2) is 11.2. The number of hydrogen-bond acceptors (Lipinski definition) is 4. The maximum Gasteiger partial charge on any atom is 0.191 e. The van der Waals surface area contributed by atoms with Gasteiger partial charge >= 0.3 is 0 Å². The summed E-state index contributed by atoms with van der Waals surface area (Å²) < 4.78 is 16.2. The summed E-state index contributed by atoms with van der Waals surface area (Å²) in [4.78, 5) is 4.21. The van der Waals surface area contributed by atoms with Crippen molar-refractivity contribution in [3.05, 3.63) is 53.1 Å². The summed E-state index contributed by atoms with van der Waals surface area (Å²) in [6.07, 6.45) is 0.831. The number of benzene rings is 2. The lowest BCUT2D eigenvalue weighted by Gasteiger charge is -2.13. The average Bonchev–Trinajstić information content (AvgIpc) is 2.70. The Balaban J connectivity index is 1.72. The molecule has 0 aromatic heterocycles. The molecule has 0 fully saturated rings. The molecular formula is C20H26ClN3O3. The van der Waals surface area contributed by atoms with Gasteiger partial charge in [0.1, 0.15) is 12.4 Å². The van der Waals surface area contributed by atoms with Crippen LogP contribution in [0.4, 0.5) is 0 Å². The van der Waals surface area contributed by atoms with Gasteiger partial charge in [0.2, 0.25) is 0 Å². The molecule has 2 rings (SSSR count). The molecule has 146 valence electrons. The van der Waals surface area contributed by atoms with Crippen molar-refractivity contribution in [1.82, 2.24) is 10.6 Å². The van der Waals surface area contributed by atoms with Gasteiger partial charge in [-0.05, 0) is 36.2 Å². The Kier molecular flexibility index (Phi) is 8.58. The summed E-state index contributed by atoms with van der Waals surface area (Å²) in [6.45, 7) is 1.84. The largest absolute Gasteiger partial charge is 0.493 e. The number of methoxy groups -OCH3 is 2. The van der Waals surface area contributed by atoms with E-state index in [9.17, 15) is 0 Å². The van der Waals surface area contributed by atoms with Crippen molar-refractivity contribution < 1.29 is 14.2 Å². The minimum atomic E-state index is 0.486. The number of para-hydroxylation sites is 1. The lowest BCUT2D eigenvalue weighted by atomic mass is 10.1. The van der Waals surface area contributed by atoms with Gasteiger partial charge in [-0.15, -0.1) is 0 Å². The lowest BCUT2D eigenvalue weighted by Crippen LogP contribution is -2.40. The summed E-state index contributed by atoms with van der Waals surface area (Å²) in [6, 6.07) is 13.3. The molecule has 0 atom stereocenters. The molecule has 2 aromatic carbocycles. The standard InChI is InChI=1S/C20H26ClN3O3/c1-22-20(24-12-13-27-17-7-5-4-6-16(17)21)23-11-10-15-8-9-18(25-2)19(14-15)26-3/h4-9,14H,10-13H2,1-3H3,(H2,22,23,24). The summed E-state index contributed by atoms with van der Waals surface area (Å²) in [5.41, 5.74) is 1.15. The van der Waals surface area contributed by atoms with Crippen molar-refractivity contribution in [3.63, 3.8) is 0 Å². The summed E-state index contributed by atoms with van der Waals surface area (Å²) in [7, 11) is 5.00. The van der Waals surface area contributed by atoms with E-state index in [0.717, 1.165) is 36.0 Å². The van der Waals surface area contributed by atoms with Crippen LogP contribution < -0.4 is 24.8 Å². The van der Waals surface area contributed by atoms with Gasteiger partial charge in [-0.1, -0.05) is 29.8 Å². The third kappa shape index (κ3) is 6.57. The number of ether oxygens (including phenoxy) is 3. The molecule has 0 saturated carbocycles. The monoisotopic (exact) mass is 391 g/mol. The van der Waals surface area contributed by atoms with E-state index in [4.69, 9.17) is 25.8 Å². The van der Waals surface area contributed by atoms with E-state index in [-0.39, 0.29) is 0 Å². The van der Waals surface area contributed by atoms with Crippen LogP contribution in [0.2, 0.25) is 5.02 Å². The highest BCUT2D eigenvalue weighted by molar-refractivity contribution is 6.32. The number of rotatable bonds is 9. The van der Waals surface area contributed by atoms with Gasteiger partial charge < -0.3 is 24.8 Å². The maximum atomic E-state index is 6.06. The van der Waals surface area contributed by atoms with Crippen LogP contribution >= 0.6 is 11.6 Å². The molecule has 0 heterocycles. The minimum Gasteiger partial charge on any atom is -0.493 e. The Hall–Kier alpha value is -2.60. The minimum absolute atomic E-state index is 0.486. The fraction of sp³-hybridized carbons (Fsp3) is 0.350. The van der Waals surface area contributed by atoms with Gasteiger partial charge in [0.25, 0.3) is 0 Å². The summed E-state index contributed by atoms with van der Waals surface area (Å²) >= 11 is 6.06. The van der Waals surface area contributed by atoms with Crippen LogP contribution in [0.3, 0.4) is 0 Å². The van der Waals surface area contributed by atoms with E-state index >= 15 is 0 Å². The van der Waals surface area contributed by atoms with Crippen LogP contribution in [0.1, 0.15) is 5.56 Å². The van der Waals surface area contributed by atoms with E-state index in [1.165, 1.54) is 0 Å². The van der Waals surface area contributed by atoms with Crippen LogP contribution in [-0.4, -0.2) is 46.9 Å². The Labute approximate surface area is 165 Å². The third-order valence-electron chi connectivity index (χ3n) is 3.87. The van der Waals surface area contributed by atoms with Crippen LogP contribution in [0.5, 0.6) is 17.2 Å². The Bertz CT molecular complexity index is 753. The van der Waals surface area contributed by atoms with Crippen molar-refractivity contribution in [2.75, 3.05) is 41.0 Å². The Morgan fingerprint density at radius 3 is 2.41 bits per heavy atom. The first-order chi connectivity index (χ1) is 13.2. The Morgan fingerprint density at radius 1 is 0.963 bits per heavy atom. The van der Waals surface area contributed by atoms with Crippen molar-refractivity contribution in [2.24, 2.45) is 4.99 Å². The fourth-order valence-corrected chi connectivity index (χ4v) is 2.66. The third-order valence-corrected chi connectivity index (χ3v) is 4.18. The van der Waals surface area contributed by atoms with Gasteiger partial charge in [-0.2, -0.15) is 0 Å². The van der Waals surface area contributed by atoms with E-state index in [2.05, 4.69) is 15.6 Å². The molecule has 0 aliphatic heterocycles. The molecule has 2 aromatic rings. The van der Waals surface area contributed by atoms with E-state index in [1.54, 1.807) is 27.3 Å². The molecule has 7 heteroatoms. The zero-order valence-electron chi connectivity index (χ0n) is 15.9. The van der Waals surface area contributed by atoms with Crippen LogP contribution in [0.25, 0.3) is 0 Å². The van der Waals surface area contributed by atoms with E-state index in [0.29, 0.717) is 23.9 Å². The fourth-order valence-electron chi connectivity index (χ4n) is 2.47. The number of aliphatic imine (C=N–C) groups is 1. The van der Waals surface area contributed by atoms with Gasteiger partial charge in [0.15, 0.2) is 17.5 Å². The first kappa shape index (κ1) is 20.7. The molecule has 0 aliphatic rings. The van der Waals surface area contributed by atoms with E-state index < -0.39 is 0 Å². The molecule has 27 heavy (non-hydrogen) atoms. The predicted molar refractivity (Wildman–Crippen MR) is 110 cm³/mol. The molecule has 0 aliphatic carbocycles. The highest BCUT2D eigenvalue weighted by Gasteiger charge is 2.05. The number of nitrogens with one attached hydrogen (secondary N) is 2. The maximum absolute atomic E-state index is 6.06. The summed E-state index contributed by atoms with van der Waals surface area (Å²) in [5.74, 6) is 2.86. The lowest BCUT2D eigenvalue weighted by molar-refractivity contribution is 0.322. The van der Waals surface area contributed by atoms with Gasteiger partial charge in [0.05, 0.1) is 25.8 Å². The predicted octanol–water partition coefficient (Wildman–Crippen LogP) is 3.14.